The predicted molar refractivity (Wildman–Crippen MR) is 78.1 cm³/mol. The fourth-order valence-electron chi connectivity index (χ4n) is 1.86. The van der Waals surface area contributed by atoms with Gasteiger partial charge in [-0.25, -0.2) is 4.79 Å². The first kappa shape index (κ1) is 14.6. The molecule has 21 heavy (non-hydrogen) atoms. The normalized spacial score (nSPS) is 11.2. The predicted octanol–water partition coefficient (Wildman–Crippen LogP) is 3.16. The number of esters is 1. The molecule has 106 valence electrons. The van der Waals surface area contributed by atoms with Gasteiger partial charge in [-0.2, -0.15) is 5.26 Å². The number of ether oxygens (including phenoxy) is 2. The molecule has 0 bridgehead atoms. The second-order valence-corrected chi connectivity index (χ2v) is 4.42. The van der Waals surface area contributed by atoms with E-state index in [0.717, 1.165) is 5.56 Å². The molecule has 0 aromatic heterocycles. The van der Waals surface area contributed by atoms with Gasteiger partial charge >= 0.3 is 5.97 Å². The summed E-state index contributed by atoms with van der Waals surface area (Å²) in [6.07, 6.45) is 0. The van der Waals surface area contributed by atoms with Crippen LogP contribution in [0.1, 0.15) is 21.8 Å². The van der Waals surface area contributed by atoms with Crippen molar-refractivity contribution in [3.63, 3.8) is 0 Å². The highest BCUT2D eigenvalue weighted by molar-refractivity contribution is 5.89. The number of methoxy groups -OCH3 is 1. The maximum absolute atomic E-state index is 11.9. The average molecular weight is 281 g/mol. The lowest BCUT2D eigenvalue weighted by Crippen LogP contribution is -2.12. The highest BCUT2D eigenvalue weighted by atomic mass is 16.5. The third kappa shape index (κ3) is 3.83. The maximum atomic E-state index is 11.9. The van der Waals surface area contributed by atoms with E-state index in [4.69, 9.17) is 9.47 Å². The number of carbonyl (C=O) groups is 1. The van der Waals surface area contributed by atoms with Gasteiger partial charge in [0.1, 0.15) is 18.3 Å². The number of hydrogen-bond acceptors (Lipinski definition) is 4. The van der Waals surface area contributed by atoms with Crippen molar-refractivity contribution in [3.05, 3.63) is 65.7 Å². The fourth-order valence-corrected chi connectivity index (χ4v) is 1.86. The first-order valence-electron chi connectivity index (χ1n) is 6.50. The van der Waals surface area contributed by atoms with Gasteiger partial charge in [-0.15, -0.1) is 0 Å². The van der Waals surface area contributed by atoms with Crippen LogP contribution in [0.15, 0.2) is 54.6 Å². The van der Waals surface area contributed by atoms with Crippen molar-refractivity contribution >= 4 is 5.97 Å². The summed E-state index contributed by atoms with van der Waals surface area (Å²) >= 11 is 0. The molecule has 0 spiro atoms. The maximum Gasteiger partial charge on any atom is 0.338 e. The molecule has 0 amide bonds. The molecular formula is C17H15NO3. The van der Waals surface area contributed by atoms with Gasteiger partial charge in [0, 0.05) is 0 Å². The van der Waals surface area contributed by atoms with Crippen LogP contribution >= 0.6 is 0 Å². The monoisotopic (exact) mass is 281 g/mol. The van der Waals surface area contributed by atoms with Crippen LogP contribution in [0.5, 0.6) is 5.75 Å². The van der Waals surface area contributed by atoms with Gasteiger partial charge in [-0.1, -0.05) is 30.3 Å². The Balaban J connectivity index is 1.98. The van der Waals surface area contributed by atoms with E-state index in [1.165, 1.54) is 0 Å². The zero-order chi connectivity index (χ0) is 15.1. The number of benzene rings is 2. The van der Waals surface area contributed by atoms with Crippen LogP contribution in [-0.4, -0.2) is 19.7 Å². The summed E-state index contributed by atoms with van der Waals surface area (Å²) in [5.41, 5.74) is 1.27. The molecule has 0 heterocycles. The van der Waals surface area contributed by atoms with Gasteiger partial charge in [-0.3, -0.25) is 0 Å². The third-order valence-electron chi connectivity index (χ3n) is 3.06. The largest absolute Gasteiger partial charge is 0.497 e. The molecule has 0 aliphatic carbocycles. The van der Waals surface area contributed by atoms with Crippen molar-refractivity contribution in [1.29, 1.82) is 5.26 Å². The lowest BCUT2D eigenvalue weighted by atomic mass is 10.0. The van der Waals surface area contributed by atoms with Gasteiger partial charge < -0.3 is 9.47 Å². The van der Waals surface area contributed by atoms with Crippen molar-refractivity contribution in [3.8, 4) is 11.8 Å². The van der Waals surface area contributed by atoms with Crippen molar-refractivity contribution in [2.45, 2.75) is 5.92 Å². The zero-order valence-corrected chi connectivity index (χ0v) is 11.7. The van der Waals surface area contributed by atoms with Crippen LogP contribution in [0.25, 0.3) is 0 Å². The number of rotatable bonds is 5. The SMILES string of the molecule is COc1ccc(C(=O)OC[C@@H](C#N)c2ccccc2)cc1. The number of nitrogens with zero attached hydrogens (tertiary/aromatic N) is 1. The van der Waals surface area contributed by atoms with E-state index in [0.29, 0.717) is 11.3 Å². The number of hydrogen-bond donors (Lipinski definition) is 0. The molecular weight excluding hydrogens is 266 g/mol. The van der Waals surface area contributed by atoms with Crippen LogP contribution in [0.4, 0.5) is 0 Å². The Hall–Kier alpha value is -2.80. The minimum atomic E-state index is -0.464. The van der Waals surface area contributed by atoms with Gasteiger partial charge in [0.2, 0.25) is 0 Å². The Morgan fingerprint density at radius 2 is 1.81 bits per heavy atom. The van der Waals surface area contributed by atoms with Gasteiger partial charge in [0.15, 0.2) is 0 Å². The molecule has 4 heteroatoms. The van der Waals surface area contributed by atoms with Crippen LogP contribution in [-0.2, 0) is 4.74 Å². The van der Waals surface area contributed by atoms with E-state index < -0.39 is 11.9 Å². The zero-order valence-electron chi connectivity index (χ0n) is 11.7. The molecule has 2 aromatic rings. The van der Waals surface area contributed by atoms with E-state index in [9.17, 15) is 10.1 Å². The smallest absolute Gasteiger partial charge is 0.338 e. The van der Waals surface area contributed by atoms with Crippen LogP contribution in [0.3, 0.4) is 0 Å². The van der Waals surface area contributed by atoms with Crippen molar-refractivity contribution in [1.82, 2.24) is 0 Å². The molecule has 0 saturated heterocycles. The van der Waals surface area contributed by atoms with Crippen LogP contribution in [0.2, 0.25) is 0 Å². The number of carbonyl (C=O) groups excluding carboxylic acids is 1. The fraction of sp³-hybridized carbons (Fsp3) is 0.176. The quantitative estimate of drug-likeness (QED) is 0.790. The van der Waals surface area contributed by atoms with E-state index in [2.05, 4.69) is 6.07 Å². The molecule has 0 fully saturated rings. The van der Waals surface area contributed by atoms with Gasteiger partial charge in [-0.05, 0) is 29.8 Å². The Bertz CT molecular complexity index is 629. The Morgan fingerprint density at radius 1 is 1.14 bits per heavy atom. The van der Waals surface area contributed by atoms with E-state index in [1.807, 2.05) is 30.3 Å². The molecule has 0 radical (unpaired) electrons. The third-order valence-corrected chi connectivity index (χ3v) is 3.06. The minimum absolute atomic E-state index is 0.0331. The summed E-state index contributed by atoms with van der Waals surface area (Å²) in [5.74, 6) is -0.243. The van der Waals surface area contributed by atoms with Gasteiger partial charge in [0.05, 0.1) is 18.7 Å². The van der Waals surface area contributed by atoms with Gasteiger partial charge in [0.25, 0.3) is 0 Å². The molecule has 0 aliphatic rings. The standard InChI is InChI=1S/C17H15NO3/c1-20-16-9-7-14(8-10-16)17(19)21-12-15(11-18)13-5-3-2-4-6-13/h2-10,15H,12H2,1H3/t15-/m1/s1. The van der Waals surface area contributed by atoms with Crippen LogP contribution < -0.4 is 4.74 Å². The summed E-state index contributed by atoms with van der Waals surface area (Å²) in [4.78, 5) is 11.9. The van der Waals surface area contributed by atoms with E-state index >= 15 is 0 Å². The first-order valence-corrected chi connectivity index (χ1v) is 6.50. The lowest BCUT2D eigenvalue weighted by Gasteiger charge is -2.10. The minimum Gasteiger partial charge on any atom is -0.497 e. The van der Waals surface area contributed by atoms with Crippen molar-refractivity contribution in [2.75, 3.05) is 13.7 Å². The summed E-state index contributed by atoms with van der Waals surface area (Å²) in [6, 6.07) is 18.1. The second kappa shape index (κ2) is 7.11. The average Bonchev–Trinajstić information content (AvgIpc) is 2.56. The molecule has 0 aliphatic heterocycles. The van der Waals surface area contributed by atoms with Crippen molar-refractivity contribution in [2.24, 2.45) is 0 Å². The van der Waals surface area contributed by atoms with Crippen LogP contribution in [0, 0.1) is 11.3 Å². The Labute approximate surface area is 123 Å². The molecule has 2 rings (SSSR count). The summed E-state index contributed by atoms with van der Waals surface area (Å²) in [5, 5.41) is 9.17. The number of nitriles is 1. The van der Waals surface area contributed by atoms with E-state index in [1.54, 1.807) is 31.4 Å². The first-order chi connectivity index (χ1) is 10.2. The second-order valence-electron chi connectivity index (χ2n) is 4.42. The topological polar surface area (TPSA) is 59.3 Å². The molecule has 2 aromatic carbocycles. The van der Waals surface area contributed by atoms with Crippen molar-refractivity contribution < 1.29 is 14.3 Å². The molecule has 0 unspecified atom stereocenters. The lowest BCUT2D eigenvalue weighted by molar-refractivity contribution is 0.0497. The summed E-state index contributed by atoms with van der Waals surface area (Å²) < 4.78 is 10.2. The molecule has 1 atom stereocenters. The Kier molecular flexibility index (Phi) is 4.94. The summed E-state index contributed by atoms with van der Waals surface area (Å²) in [7, 11) is 1.56. The molecule has 0 saturated carbocycles. The molecule has 0 N–H and O–H groups in total. The van der Waals surface area contributed by atoms with E-state index in [-0.39, 0.29) is 6.61 Å². The highest BCUT2D eigenvalue weighted by Crippen LogP contribution is 2.16. The molecule has 4 nitrogen and oxygen atoms in total. The summed E-state index contributed by atoms with van der Waals surface area (Å²) in [6.45, 7) is 0.0331. The highest BCUT2D eigenvalue weighted by Gasteiger charge is 2.14. The Morgan fingerprint density at radius 3 is 2.38 bits per heavy atom.